The topological polar surface area (TPSA) is 59.1 Å². The quantitative estimate of drug-likeness (QED) is 0.803. The number of hydrogen-bond donors (Lipinski definition) is 2. The van der Waals surface area contributed by atoms with Crippen LogP contribution in [0.3, 0.4) is 0 Å². The van der Waals surface area contributed by atoms with Crippen LogP contribution in [0.1, 0.15) is 52.3 Å². The number of rotatable bonds is 7. The highest BCUT2D eigenvalue weighted by molar-refractivity contribution is 5.48. The molecule has 0 unspecified atom stereocenters. The van der Waals surface area contributed by atoms with Gasteiger partial charge in [-0.05, 0) is 26.7 Å². The van der Waals surface area contributed by atoms with E-state index in [0.29, 0.717) is 18.1 Å². The summed E-state index contributed by atoms with van der Waals surface area (Å²) in [5, 5.41) is 6.76. The highest BCUT2D eigenvalue weighted by Gasteiger charge is 2.29. The molecule has 1 fully saturated rings. The molecule has 0 aliphatic heterocycles. The van der Waals surface area contributed by atoms with Crippen molar-refractivity contribution in [3.63, 3.8) is 0 Å². The van der Waals surface area contributed by atoms with Crippen molar-refractivity contribution >= 4 is 11.6 Å². The molecule has 0 bridgehead atoms. The first kappa shape index (κ1) is 15.0. The van der Waals surface area contributed by atoms with Gasteiger partial charge in [0.25, 0.3) is 0 Å². The van der Waals surface area contributed by atoms with Crippen LogP contribution >= 0.6 is 0 Å². The van der Waals surface area contributed by atoms with Crippen molar-refractivity contribution in [2.75, 3.05) is 23.8 Å². The van der Waals surface area contributed by atoms with E-state index in [1.54, 1.807) is 0 Å². The Morgan fingerprint density at radius 1 is 1.25 bits per heavy atom. The molecule has 20 heavy (non-hydrogen) atoms. The molecule has 0 amide bonds. The van der Waals surface area contributed by atoms with Crippen LogP contribution in [-0.2, 0) is 4.74 Å². The molecule has 0 atom stereocenters. The van der Waals surface area contributed by atoms with E-state index in [0.717, 1.165) is 43.5 Å². The molecule has 1 aliphatic carbocycles. The fraction of sp³-hybridized carbons (Fsp3) is 0.733. The number of nitrogens with one attached hydrogen (secondary N) is 2. The van der Waals surface area contributed by atoms with Crippen LogP contribution < -0.4 is 10.6 Å². The SMILES string of the molecule is CCNc1cc(NC2CC(OCC)C2)nc(C(C)C)n1. The van der Waals surface area contributed by atoms with E-state index >= 15 is 0 Å². The molecule has 1 heterocycles. The molecule has 1 aliphatic rings. The lowest BCUT2D eigenvalue weighted by Crippen LogP contribution is -2.41. The summed E-state index contributed by atoms with van der Waals surface area (Å²) in [6.45, 7) is 10.0. The molecule has 0 spiro atoms. The van der Waals surface area contributed by atoms with Gasteiger partial charge in [-0.3, -0.25) is 0 Å². The number of aromatic nitrogens is 2. The number of hydrogen-bond acceptors (Lipinski definition) is 5. The zero-order valence-corrected chi connectivity index (χ0v) is 12.9. The average Bonchev–Trinajstić information content (AvgIpc) is 2.36. The Bertz CT molecular complexity index is 430. The molecule has 112 valence electrons. The van der Waals surface area contributed by atoms with E-state index in [9.17, 15) is 0 Å². The second kappa shape index (κ2) is 6.88. The summed E-state index contributed by atoms with van der Waals surface area (Å²) in [6, 6.07) is 2.46. The lowest BCUT2D eigenvalue weighted by Gasteiger charge is -2.35. The third-order valence-corrected chi connectivity index (χ3v) is 3.47. The minimum absolute atomic E-state index is 0.326. The van der Waals surface area contributed by atoms with Gasteiger partial charge in [0.2, 0.25) is 0 Å². The van der Waals surface area contributed by atoms with Crippen LogP contribution in [-0.4, -0.2) is 35.3 Å². The average molecular weight is 278 g/mol. The Balaban J connectivity index is 2.00. The normalized spacial score (nSPS) is 21.6. The van der Waals surface area contributed by atoms with Gasteiger partial charge in [0.05, 0.1) is 6.10 Å². The molecule has 2 N–H and O–H groups in total. The Morgan fingerprint density at radius 3 is 2.55 bits per heavy atom. The van der Waals surface area contributed by atoms with Gasteiger partial charge in [0.15, 0.2) is 0 Å². The molecule has 1 aromatic rings. The van der Waals surface area contributed by atoms with Crippen molar-refractivity contribution in [1.82, 2.24) is 9.97 Å². The van der Waals surface area contributed by atoms with Gasteiger partial charge < -0.3 is 15.4 Å². The number of nitrogens with zero attached hydrogens (tertiary/aromatic N) is 2. The molecule has 0 radical (unpaired) electrons. The smallest absolute Gasteiger partial charge is 0.135 e. The maximum atomic E-state index is 5.58. The van der Waals surface area contributed by atoms with Crippen LogP contribution in [0.4, 0.5) is 11.6 Å². The fourth-order valence-electron chi connectivity index (χ4n) is 2.33. The second-order valence-corrected chi connectivity index (χ2v) is 5.57. The van der Waals surface area contributed by atoms with Gasteiger partial charge in [0.1, 0.15) is 17.5 Å². The summed E-state index contributed by atoms with van der Waals surface area (Å²) in [7, 11) is 0. The predicted molar refractivity (Wildman–Crippen MR) is 82.3 cm³/mol. The zero-order chi connectivity index (χ0) is 14.5. The van der Waals surface area contributed by atoms with Crippen molar-refractivity contribution in [2.45, 2.75) is 58.6 Å². The van der Waals surface area contributed by atoms with Crippen molar-refractivity contribution in [3.8, 4) is 0 Å². The van der Waals surface area contributed by atoms with E-state index in [1.807, 2.05) is 13.0 Å². The van der Waals surface area contributed by atoms with Gasteiger partial charge in [-0.25, -0.2) is 9.97 Å². The Labute approximate surface area is 121 Å². The standard InChI is InChI=1S/C15H26N4O/c1-5-16-13-9-14(19-15(18-13)10(3)4)17-11-7-12(8-11)20-6-2/h9-12H,5-8H2,1-4H3,(H2,16,17,18,19). The van der Waals surface area contributed by atoms with E-state index < -0.39 is 0 Å². The highest BCUT2D eigenvalue weighted by Crippen LogP contribution is 2.27. The van der Waals surface area contributed by atoms with Crippen LogP contribution in [0, 0.1) is 0 Å². The van der Waals surface area contributed by atoms with Crippen LogP contribution in [0.15, 0.2) is 6.07 Å². The summed E-state index contributed by atoms with van der Waals surface area (Å²) < 4.78 is 5.58. The van der Waals surface area contributed by atoms with E-state index in [1.165, 1.54) is 0 Å². The summed E-state index contributed by atoms with van der Waals surface area (Å²) in [4.78, 5) is 9.14. The maximum absolute atomic E-state index is 5.58. The second-order valence-electron chi connectivity index (χ2n) is 5.57. The van der Waals surface area contributed by atoms with Gasteiger partial charge >= 0.3 is 0 Å². The first-order valence-corrected chi connectivity index (χ1v) is 7.63. The fourth-order valence-corrected chi connectivity index (χ4v) is 2.33. The van der Waals surface area contributed by atoms with Gasteiger partial charge in [-0.2, -0.15) is 0 Å². The van der Waals surface area contributed by atoms with Crippen molar-refractivity contribution in [2.24, 2.45) is 0 Å². The van der Waals surface area contributed by atoms with E-state index in [4.69, 9.17) is 4.74 Å². The van der Waals surface area contributed by atoms with Crippen LogP contribution in [0.5, 0.6) is 0 Å². The predicted octanol–water partition coefficient (Wildman–Crippen LogP) is 3.01. The van der Waals surface area contributed by atoms with E-state index in [2.05, 4.69) is 41.4 Å². The summed E-state index contributed by atoms with van der Waals surface area (Å²) >= 11 is 0. The molecule has 1 saturated carbocycles. The van der Waals surface area contributed by atoms with Crippen LogP contribution in [0.25, 0.3) is 0 Å². The van der Waals surface area contributed by atoms with Gasteiger partial charge in [-0.1, -0.05) is 13.8 Å². The highest BCUT2D eigenvalue weighted by atomic mass is 16.5. The first-order chi connectivity index (χ1) is 9.62. The van der Waals surface area contributed by atoms with Crippen molar-refractivity contribution in [3.05, 3.63) is 11.9 Å². The lowest BCUT2D eigenvalue weighted by atomic mass is 9.89. The molecule has 5 nitrogen and oxygen atoms in total. The third-order valence-electron chi connectivity index (χ3n) is 3.47. The largest absolute Gasteiger partial charge is 0.378 e. The number of anilines is 2. The van der Waals surface area contributed by atoms with Crippen molar-refractivity contribution in [1.29, 1.82) is 0 Å². The molecule has 2 rings (SSSR count). The minimum atomic E-state index is 0.326. The van der Waals surface area contributed by atoms with Crippen molar-refractivity contribution < 1.29 is 4.74 Å². The van der Waals surface area contributed by atoms with Gasteiger partial charge in [0, 0.05) is 31.2 Å². The Hall–Kier alpha value is -1.36. The molecule has 1 aromatic heterocycles. The summed E-state index contributed by atoms with van der Waals surface area (Å²) in [5.41, 5.74) is 0. The molecule has 0 saturated heterocycles. The monoisotopic (exact) mass is 278 g/mol. The summed E-state index contributed by atoms with van der Waals surface area (Å²) in [6.07, 6.45) is 2.54. The minimum Gasteiger partial charge on any atom is -0.378 e. The first-order valence-electron chi connectivity index (χ1n) is 7.63. The molecular weight excluding hydrogens is 252 g/mol. The maximum Gasteiger partial charge on any atom is 0.135 e. The lowest BCUT2D eigenvalue weighted by molar-refractivity contribution is 0.00292. The molecule has 5 heteroatoms. The summed E-state index contributed by atoms with van der Waals surface area (Å²) in [5.74, 6) is 3.02. The number of ether oxygens (including phenoxy) is 1. The molecular formula is C15H26N4O. The Morgan fingerprint density at radius 2 is 1.95 bits per heavy atom. The van der Waals surface area contributed by atoms with Gasteiger partial charge in [-0.15, -0.1) is 0 Å². The zero-order valence-electron chi connectivity index (χ0n) is 12.9. The van der Waals surface area contributed by atoms with Crippen LogP contribution in [0.2, 0.25) is 0 Å². The third kappa shape index (κ3) is 3.82. The van der Waals surface area contributed by atoms with E-state index in [-0.39, 0.29) is 0 Å². The Kier molecular flexibility index (Phi) is 5.17. The molecule has 0 aromatic carbocycles.